The molecular formula is C26H36N2O. The third kappa shape index (κ3) is 3.39. The molecule has 0 bridgehead atoms. The lowest BCUT2D eigenvalue weighted by Crippen LogP contribution is -2.30. The molecule has 156 valence electrons. The van der Waals surface area contributed by atoms with Crippen molar-refractivity contribution in [3.05, 3.63) is 53.6 Å². The number of rotatable bonds is 6. The Kier molecular flexibility index (Phi) is 5.64. The number of para-hydroxylation sites is 1. The molecule has 1 aromatic rings. The van der Waals surface area contributed by atoms with Crippen LogP contribution in [0.4, 0.5) is 0 Å². The molecule has 2 unspecified atom stereocenters. The Morgan fingerprint density at radius 1 is 0.690 bits per heavy atom. The minimum atomic E-state index is -0.537. The highest BCUT2D eigenvalue weighted by Gasteiger charge is 2.43. The van der Waals surface area contributed by atoms with Crippen LogP contribution in [-0.4, -0.2) is 16.5 Å². The monoisotopic (exact) mass is 392 g/mol. The van der Waals surface area contributed by atoms with Crippen molar-refractivity contribution in [2.75, 3.05) is 0 Å². The van der Waals surface area contributed by atoms with Gasteiger partial charge in [-0.2, -0.15) is 0 Å². The van der Waals surface area contributed by atoms with E-state index in [0.717, 1.165) is 22.6 Å². The van der Waals surface area contributed by atoms with Gasteiger partial charge in [0, 0.05) is 22.6 Å². The summed E-state index contributed by atoms with van der Waals surface area (Å²) in [5.41, 5.74) is 2.85. The van der Waals surface area contributed by atoms with Gasteiger partial charge in [0.25, 0.3) is 0 Å². The smallest absolute Gasteiger partial charge is 0.127 e. The Labute approximate surface area is 176 Å². The van der Waals surface area contributed by atoms with Crippen molar-refractivity contribution >= 4 is 11.4 Å². The molecule has 3 heteroatoms. The van der Waals surface area contributed by atoms with Gasteiger partial charge in [0.1, 0.15) is 16.8 Å². The van der Waals surface area contributed by atoms with Crippen LogP contribution in [0.1, 0.15) is 66.5 Å². The van der Waals surface area contributed by atoms with Crippen LogP contribution in [-0.2, 0) is 11.1 Å². The molecule has 2 aliphatic heterocycles. The number of phenolic OH excluding ortho intramolecular Hbond substituents is 1. The first-order valence-corrected chi connectivity index (χ1v) is 11.0. The van der Waals surface area contributed by atoms with E-state index >= 15 is 0 Å². The third-order valence-corrected chi connectivity index (χ3v) is 6.49. The van der Waals surface area contributed by atoms with E-state index in [1.807, 2.05) is 18.2 Å². The fourth-order valence-electron chi connectivity index (χ4n) is 4.40. The number of aromatic hydroxyl groups is 1. The molecule has 0 radical (unpaired) electrons. The molecule has 0 aromatic heterocycles. The number of hydrogen-bond acceptors (Lipinski definition) is 3. The first-order valence-electron chi connectivity index (χ1n) is 11.0. The predicted molar refractivity (Wildman–Crippen MR) is 124 cm³/mol. The van der Waals surface area contributed by atoms with Crippen molar-refractivity contribution in [1.29, 1.82) is 0 Å². The van der Waals surface area contributed by atoms with Gasteiger partial charge in [0.15, 0.2) is 0 Å². The van der Waals surface area contributed by atoms with Gasteiger partial charge in [-0.1, -0.05) is 85.7 Å². The van der Waals surface area contributed by atoms with Gasteiger partial charge < -0.3 is 5.11 Å². The van der Waals surface area contributed by atoms with Crippen LogP contribution in [0.5, 0.6) is 5.75 Å². The molecule has 2 aliphatic rings. The lowest BCUT2D eigenvalue weighted by Gasteiger charge is -2.35. The molecule has 29 heavy (non-hydrogen) atoms. The summed E-state index contributed by atoms with van der Waals surface area (Å²) in [5.74, 6) is 1.48. The van der Waals surface area contributed by atoms with Gasteiger partial charge in [-0.25, -0.2) is 0 Å². The molecule has 0 aliphatic carbocycles. The summed E-state index contributed by atoms with van der Waals surface area (Å²) in [7, 11) is 0. The van der Waals surface area contributed by atoms with Crippen LogP contribution < -0.4 is 0 Å². The quantitative estimate of drug-likeness (QED) is 0.596. The zero-order valence-electron chi connectivity index (χ0n) is 19.2. The summed E-state index contributed by atoms with van der Waals surface area (Å²) >= 11 is 0. The zero-order chi connectivity index (χ0) is 21.6. The van der Waals surface area contributed by atoms with Crippen LogP contribution in [0, 0.1) is 23.7 Å². The van der Waals surface area contributed by atoms with Crippen LogP contribution in [0.25, 0.3) is 0 Å². The molecule has 1 aromatic carbocycles. The maximum atomic E-state index is 11.6. The molecule has 3 nitrogen and oxygen atoms in total. The molecule has 3 rings (SSSR count). The van der Waals surface area contributed by atoms with Crippen molar-refractivity contribution in [2.24, 2.45) is 33.7 Å². The van der Waals surface area contributed by atoms with Gasteiger partial charge in [-0.15, -0.1) is 0 Å². The van der Waals surface area contributed by atoms with Crippen LogP contribution in [0.2, 0.25) is 0 Å². The fourth-order valence-corrected chi connectivity index (χ4v) is 4.40. The lowest BCUT2D eigenvalue weighted by atomic mass is 9.75. The first kappa shape index (κ1) is 21.5. The number of hydrogen-bond donors (Lipinski definition) is 1. The summed E-state index contributed by atoms with van der Waals surface area (Å²) in [6.07, 6.45) is 8.58. The van der Waals surface area contributed by atoms with Crippen LogP contribution in [0.15, 0.2) is 52.5 Å². The van der Waals surface area contributed by atoms with Crippen molar-refractivity contribution in [1.82, 2.24) is 0 Å². The Morgan fingerprint density at radius 2 is 1.07 bits per heavy atom. The van der Waals surface area contributed by atoms with E-state index in [0.29, 0.717) is 17.6 Å². The second-order valence-corrected chi connectivity index (χ2v) is 9.71. The molecular weight excluding hydrogens is 356 g/mol. The first-order chi connectivity index (χ1) is 13.5. The van der Waals surface area contributed by atoms with E-state index in [9.17, 15) is 5.11 Å². The average Bonchev–Trinajstić information content (AvgIpc) is 3.28. The summed E-state index contributed by atoms with van der Waals surface area (Å²) in [4.78, 5) is 10.2. The van der Waals surface area contributed by atoms with E-state index in [1.165, 1.54) is 0 Å². The maximum Gasteiger partial charge on any atom is 0.127 e. The second-order valence-electron chi connectivity index (χ2n) is 9.71. The Balaban J connectivity index is 2.21. The number of allylic oxidation sites excluding steroid dienone is 2. The topological polar surface area (TPSA) is 45.0 Å². The third-order valence-electron chi connectivity index (χ3n) is 6.49. The van der Waals surface area contributed by atoms with E-state index in [-0.39, 0.29) is 11.8 Å². The van der Waals surface area contributed by atoms with Crippen molar-refractivity contribution < 1.29 is 5.11 Å². The van der Waals surface area contributed by atoms with E-state index in [1.54, 1.807) is 0 Å². The molecule has 0 fully saturated rings. The summed E-state index contributed by atoms with van der Waals surface area (Å²) in [5, 5.41) is 11.6. The molecule has 1 N–H and O–H groups in total. The largest absolute Gasteiger partial charge is 0.507 e. The lowest BCUT2D eigenvalue weighted by molar-refractivity contribution is 0.353. The summed E-state index contributed by atoms with van der Waals surface area (Å²) < 4.78 is 0. The van der Waals surface area contributed by atoms with Crippen molar-refractivity contribution in [3.63, 3.8) is 0 Å². The van der Waals surface area contributed by atoms with Gasteiger partial charge in [0.05, 0.1) is 0 Å². The van der Waals surface area contributed by atoms with Crippen molar-refractivity contribution in [3.8, 4) is 5.75 Å². The molecule has 2 atom stereocenters. The number of aliphatic imine (C=N–C) groups is 2. The number of phenols is 1. The van der Waals surface area contributed by atoms with Gasteiger partial charge in [-0.3, -0.25) is 9.98 Å². The normalized spacial score (nSPS) is 26.3. The van der Waals surface area contributed by atoms with E-state index in [4.69, 9.17) is 9.98 Å². The molecule has 0 saturated heterocycles. The highest BCUT2D eigenvalue weighted by Crippen LogP contribution is 2.49. The van der Waals surface area contributed by atoms with Gasteiger partial charge in [-0.05, 0) is 35.8 Å². The molecule has 0 saturated carbocycles. The van der Waals surface area contributed by atoms with E-state index < -0.39 is 11.1 Å². The highest BCUT2D eigenvalue weighted by atomic mass is 16.3. The molecule has 2 heterocycles. The zero-order valence-corrected chi connectivity index (χ0v) is 19.2. The Morgan fingerprint density at radius 3 is 1.34 bits per heavy atom. The number of benzene rings is 1. The summed E-state index contributed by atoms with van der Waals surface area (Å²) in [6, 6.07) is 6.09. The SMILES string of the molecule is CC(C)C1=NC(c2cccc(C3(C(C)C)C=CC(C(C)C)=N3)c2O)(C(C)C)C=C1. The Hall–Kier alpha value is -2.16. The van der Waals surface area contributed by atoms with Crippen LogP contribution >= 0.6 is 0 Å². The fraction of sp³-hybridized carbons (Fsp3) is 0.538. The maximum absolute atomic E-state index is 11.6. The number of nitrogens with zero attached hydrogens (tertiary/aromatic N) is 2. The average molecular weight is 393 g/mol. The van der Waals surface area contributed by atoms with Gasteiger partial charge in [0.2, 0.25) is 0 Å². The van der Waals surface area contributed by atoms with Crippen molar-refractivity contribution in [2.45, 2.75) is 66.5 Å². The predicted octanol–water partition coefficient (Wildman–Crippen LogP) is 6.43. The minimum absolute atomic E-state index is 0.222. The van der Waals surface area contributed by atoms with Gasteiger partial charge >= 0.3 is 0 Å². The van der Waals surface area contributed by atoms with E-state index in [2.05, 4.69) is 79.7 Å². The Bertz CT molecular complexity index is 831. The summed E-state index contributed by atoms with van der Waals surface area (Å²) in [6.45, 7) is 17.3. The standard InChI is InChI=1S/C26H36N2O/c1-16(2)22-12-14-25(27-22,18(5)6)20-10-9-11-21(24(20)29)26(19(7)8)15-13-23(28-26)17(3)4/h9-19,29H,1-8H3. The molecule has 0 amide bonds. The highest BCUT2D eigenvalue weighted by molar-refractivity contribution is 6.00. The molecule has 0 spiro atoms. The minimum Gasteiger partial charge on any atom is -0.507 e. The second kappa shape index (κ2) is 7.59. The van der Waals surface area contributed by atoms with Crippen LogP contribution in [0.3, 0.4) is 0 Å².